The minimum atomic E-state index is -0.0278. The third-order valence-electron chi connectivity index (χ3n) is 4.93. The summed E-state index contributed by atoms with van der Waals surface area (Å²) in [5.74, 6) is 0.379. The molecule has 27 heavy (non-hydrogen) atoms. The van der Waals surface area contributed by atoms with Gasteiger partial charge in [-0.15, -0.1) is 0 Å². The molecule has 4 heteroatoms. The molecule has 140 valence electrons. The first-order valence-corrected chi connectivity index (χ1v) is 9.86. The predicted molar refractivity (Wildman–Crippen MR) is 115 cm³/mol. The summed E-state index contributed by atoms with van der Waals surface area (Å²) in [7, 11) is 0. The Kier molecular flexibility index (Phi) is 6.08. The standard InChI is InChI=1S/C23H23Cl2NO/c1-14(2)15(3)26-23(27)18-7-4-16(5-8-18)10-17-6-9-19-12-21(24)22(25)13-20(19)11-17/h4-9,11-15H,10H2,1-3H3,(H,26,27). The first-order chi connectivity index (χ1) is 12.8. The van der Waals surface area contributed by atoms with Crippen molar-refractivity contribution in [3.8, 4) is 0 Å². The third kappa shape index (κ3) is 4.82. The van der Waals surface area contributed by atoms with Crippen molar-refractivity contribution in [1.29, 1.82) is 0 Å². The van der Waals surface area contributed by atoms with Crippen LogP contribution in [0.2, 0.25) is 10.0 Å². The maximum absolute atomic E-state index is 12.3. The molecule has 0 heterocycles. The zero-order chi connectivity index (χ0) is 19.6. The van der Waals surface area contributed by atoms with Crippen LogP contribution in [0.1, 0.15) is 42.3 Å². The van der Waals surface area contributed by atoms with E-state index in [9.17, 15) is 4.79 Å². The van der Waals surface area contributed by atoms with Crippen LogP contribution in [-0.2, 0) is 6.42 Å². The van der Waals surface area contributed by atoms with Crippen LogP contribution in [0, 0.1) is 5.92 Å². The molecule has 0 aromatic heterocycles. The molecule has 0 fully saturated rings. The SMILES string of the molecule is CC(C)C(C)NC(=O)c1ccc(Cc2ccc3cc(Cl)c(Cl)cc3c2)cc1. The molecule has 0 bridgehead atoms. The molecule has 0 spiro atoms. The average molecular weight is 400 g/mol. The first kappa shape index (κ1) is 19.7. The number of fused-ring (bicyclic) bond motifs is 1. The second-order valence-electron chi connectivity index (χ2n) is 7.33. The largest absolute Gasteiger partial charge is 0.349 e. The van der Waals surface area contributed by atoms with Gasteiger partial charge in [-0.3, -0.25) is 4.79 Å². The van der Waals surface area contributed by atoms with Gasteiger partial charge in [0.25, 0.3) is 5.91 Å². The van der Waals surface area contributed by atoms with Gasteiger partial charge in [0.2, 0.25) is 0 Å². The number of carbonyl (C=O) groups excluding carboxylic acids is 1. The van der Waals surface area contributed by atoms with Crippen LogP contribution in [0.15, 0.2) is 54.6 Å². The van der Waals surface area contributed by atoms with Crippen LogP contribution in [0.4, 0.5) is 0 Å². The van der Waals surface area contributed by atoms with E-state index < -0.39 is 0 Å². The molecule has 1 N–H and O–H groups in total. The smallest absolute Gasteiger partial charge is 0.251 e. The number of amides is 1. The summed E-state index contributed by atoms with van der Waals surface area (Å²) in [5.41, 5.74) is 3.03. The topological polar surface area (TPSA) is 29.1 Å². The van der Waals surface area contributed by atoms with Gasteiger partial charge < -0.3 is 5.32 Å². The molecule has 0 aliphatic carbocycles. The van der Waals surface area contributed by atoms with Crippen LogP contribution in [0.3, 0.4) is 0 Å². The van der Waals surface area contributed by atoms with Gasteiger partial charge in [0.1, 0.15) is 0 Å². The van der Waals surface area contributed by atoms with Gasteiger partial charge in [-0.05, 0) is 65.4 Å². The summed E-state index contributed by atoms with van der Waals surface area (Å²) >= 11 is 12.2. The number of hydrogen-bond donors (Lipinski definition) is 1. The minimum Gasteiger partial charge on any atom is -0.349 e. The number of carbonyl (C=O) groups is 1. The Bertz CT molecular complexity index is 964. The van der Waals surface area contributed by atoms with E-state index in [0.717, 1.165) is 22.8 Å². The van der Waals surface area contributed by atoms with Crippen LogP contribution in [0.25, 0.3) is 10.8 Å². The summed E-state index contributed by atoms with van der Waals surface area (Å²) in [6.45, 7) is 6.22. The maximum atomic E-state index is 12.3. The van der Waals surface area contributed by atoms with Crippen LogP contribution in [0.5, 0.6) is 0 Å². The number of nitrogens with one attached hydrogen (secondary N) is 1. The normalized spacial score (nSPS) is 12.4. The molecule has 3 rings (SSSR count). The van der Waals surface area contributed by atoms with Gasteiger partial charge in [0.15, 0.2) is 0 Å². The summed E-state index contributed by atoms with van der Waals surface area (Å²) < 4.78 is 0. The van der Waals surface area contributed by atoms with E-state index in [-0.39, 0.29) is 11.9 Å². The van der Waals surface area contributed by atoms with Gasteiger partial charge >= 0.3 is 0 Å². The van der Waals surface area contributed by atoms with E-state index in [4.69, 9.17) is 23.2 Å². The molecule has 3 aromatic carbocycles. The van der Waals surface area contributed by atoms with Gasteiger partial charge in [0.05, 0.1) is 10.0 Å². The van der Waals surface area contributed by atoms with Crippen molar-refractivity contribution >= 4 is 39.9 Å². The van der Waals surface area contributed by atoms with Gasteiger partial charge in [-0.1, -0.05) is 67.4 Å². The minimum absolute atomic E-state index is 0.0278. The Morgan fingerprint density at radius 2 is 1.44 bits per heavy atom. The summed E-state index contributed by atoms with van der Waals surface area (Å²) in [4.78, 5) is 12.3. The Balaban J connectivity index is 1.73. The van der Waals surface area contributed by atoms with Crippen molar-refractivity contribution in [3.05, 3.63) is 81.3 Å². The molecule has 1 unspecified atom stereocenters. The van der Waals surface area contributed by atoms with Crippen molar-refractivity contribution in [3.63, 3.8) is 0 Å². The Morgan fingerprint density at radius 3 is 2.07 bits per heavy atom. The lowest BCUT2D eigenvalue weighted by Crippen LogP contribution is -2.36. The summed E-state index contributed by atoms with van der Waals surface area (Å²) in [6.07, 6.45) is 0.792. The van der Waals surface area contributed by atoms with Crippen molar-refractivity contribution in [1.82, 2.24) is 5.32 Å². The number of rotatable bonds is 5. The molecular weight excluding hydrogens is 377 g/mol. The zero-order valence-electron chi connectivity index (χ0n) is 15.7. The third-order valence-corrected chi connectivity index (χ3v) is 5.65. The molecular formula is C23H23Cl2NO. The lowest BCUT2D eigenvalue weighted by Gasteiger charge is -2.17. The fraction of sp³-hybridized carbons (Fsp3) is 0.261. The molecule has 0 saturated heterocycles. The van der Waals surface area contributed by atoms with E-state index in [0.29, 0.717) is 21.5 Å². The van der Waals surface area contributed by atoms with Crippen molar-refractivity contribution < 1.29 is 4.79 Å². The second-order valence-corrected chi connectivity index (χ2v) is 8.14. The molecule has 0 radical (unpaired) electrons. The molecule has 3 aromatic rings. The zero-order valence-corrected chi connectivity index (χ0v) is 17.2. The number of benzene rings is 3. The fourth-order valence-corrected chi connectivity index (χ4v) is 3.21. The maximum Gasteiger partial charge on any atom is 0.251 e. The van der Waals surface area contributed by atoms with Crippen LogP contribution < -0.4 is 5.32 Å². The lowest BCUT2D eigenvalue weighted by atomic mass is 10.00. The van der Waals surface area contributed by atoms with Crippen molar-refractivity contribution in [2.75, 3.05) is 0 Å². The van der Waals surface area contributed by atoms with E-state index in [1.807, 2.05) is 43.3 Å². The van der Waals surface area contributed by atoms with Crippen LogP contribution in [-0.4, -0.2) is 11.9 Å². The van der Waals surface area contributed by atoms with E-state index in [2.05, 4.69) is 37.4 Å². The molecule has 1 amide bonds. The Labute approximate surface area is 170 Å². The highest BCUT2D eigenvalue weighted by Crippen LogP contribution is 2.28. The summed E-state index contributed by atoms with van der Waals surface area (Å²) in [5, 5.41) is 6.30. The number of halogens is 2. The highest BCUT2D eigenvalue weighted by atomic mass is 35.5. The molecule has 1 atom stereocenters. The first-order valence-electron chi connectivity index (χ1n) is 9.11. The molecule has 0 aliphatic heterocycles. The van der Waals surface area contributed by atoms with E-state index in [1.165, 1.54) is 5.56 Å². The Hall–Kier alpha value is -2.03. The highest BCUT2D eigenvalue weighted by Gasteiger charge is 2.12. The second kappa shape index (κ2) is 8.33. The van der Waals surface area contributed by atoms with Gasteiger partial charge in [-0.2, -0.15) is 0 Å². The van der Waals surface area contributed by atoms with Gasteiger partial charge in [-0.25, -0.2) is 0 Å². The Morgan fingerprint density at radius 1 is 0.852 bits per heavy atom. The van der Waals surface area contributed by atoms with Gasteiger partial charge in [0, 0.05) is 11.6 Å². The average Bonchev–Trinajstić information content (AvgIpc) is 2.63. The molecule has 0 saturated carbocycles. The molecule has 2 nitrogen and oxygen atoms in total. The van der Waals surface area contributed by atoms with Crippen molar-refractivity contribution in [2.24, 2.45) is 5.92 Å². The quantitative estimate of drug-likeness (QED) is 0.520. The van der Waals surface area contributed by atoms with Crippen LogP contribution >= 0.6 is 23.2 Å². The highest BCUT2D eigenvalue weighted by molar-refractivity contribution is 6.42. The van der Waals surface area contributed by atoms with Crippen molar-refractivity contribution in [2.45, 2.75) is 33.2 Å². The van der Waals surface area contributed by atoms with E-state index >= 15 is 0 Å². The molecule has 0 aliphatic rings. The predicted octanol–water partition coefficient (Wildman–Crippen LogP) is 6.51. The summed E-state index contributed by atoms with van der Waals surface area (Å²) in [6, 6.07) is 18.0. The number of hydrogen-bond acceptors (Lipinski definition) is 1. The lowest BCUT2D eigenvalue weighted by molar-refractivity contribution is 0.0930. The fourth-order valence-electron chi connectivity index (χ4n) is 2.87. The monoisotopic (exact) mass is 399 g/mol. The van der Waals surface area contributed by atoms with E-state index in [1.54, 1.807) is 0 Å².